The molecule has 1 heterocycles. The van der Waals surface area contributed by atoms with Crippen LogP contribution in [0.2, 0.25) is 0 Å². The molecule has 1 amide bonds. The molecular formula is C18H18NO3S2-. The average Bonchev–Trinajstić information content (AvgIpc) is 2.75. The zero-order valence-corrected chi connectivity index (χ0v) is 15.3. The minimum absolute atomic E-state index is 0.252. The second-order valence-corrected chi connectivity index (χ2v) is 7.53. The Hall–Kier alpha value is -1.92. The first kappa shape index (κ1) is 18.4. The smallest absolute Gasteiger partial charge is 0.266 e. The van der Waals surface area contributed by atoms with E-state index >= 15 is 0 Å². The van der Waals surface area contributed by atoms with Crippen molar-refractivity contribution in [2.24, 2.45) is 5.92 Å². The number of carboxylic acids is 1. The molecule has 24 heavy (non-hydrogen) atoms. The Bertz CT molecular complexity index is 723. The third-order valence-corrected chi connectivity index (χ3v) is 4.86. The van der Waals surface area contributed by atoms with Gasteiger partial charge < -0.3 is 9.90 Å². The maximum Gasteiger partial charge on any atom is 0.266 e. The van der Waals surface area contributed by atoms with Crippen molar-refractivity contribution >= 4 is 46.3 Å². The van der Waals surface area contributed by atoms with Gasteiger partial charge >= 0.3 is 0 Å². The summed E-state index contributed by atoms with van der Waals surface area (Å²) >= 11 is 6.33. The van der Waals surface area contributed by atoms with Crippen LogP contribution in [0.1, 0.15) is 26.3 Å². The number of aliphatic carboxylic acids is 1. The predicted molar refractivity (Wildman–Crippen MR) is 98.8 cm³/mol. The van der Waals surface area contributed by atoms with Crippen LogP contribution in [-0.4, -0.2) is 27.1 Å². The van der Waals surface area contributed by atoms with E-state index in [4.69, 9.17) is 12.2 Å². The Morgan fingerprint density at radius 3 is 2.46 bits per heavy atom. The second kappa shape index (κ2) is 7.77. The zero-order chi connectivity index (χ0) is 17.9. The molecule has 1 saturated heterocycles. The van der Waals surface area contributed by atoms with Crippen LogP contribution in [0.3, 0.4) is 0 Å². The number of allylic oxidation sites excluding steroid dienone is 2. The van der Waals surface area contributed by atoms with Crippen molar-refractivity contribution in [2.75, 3.05) is 0 Å². The van der Waals surface area contributed by atoms with E-state index in [0.29, 0.717) is 4.91 Å². The lowest BCUT2D eigenvalue weighted by Gasteiger charge is -2.30. The van der Waals surface area contributed by atoms with Gasteiger partial charge in [0.15, 0.2) is 0 Å². The number of benzene rings is 1. The Labute approximate surface area is 151 Å². The first-order valence-corrected chi connectivity index (χ1v) is 8.75. The lowest BCUT2D eigenvalue weighted by Crippen LogP contribution is -2.52. The summed E-state index contributed by atoms with van der Waals surface area (Å²) in [4.78, 5) is 25.6. The molecule has 0 saturated carbocycles. The number of thiocarbonyl (C=S) groups is 1. The summed E-state index contributed by atoms with van der Waals surface area (Å²) in [5.74, 6) is -1.97. The van der Waals surface area contributed by atoms with E-state index in [1.807, 2.05) is 43.3 Å². The van der Waals surface area contributed by atoms with Crippen molar-refractivity contribution < 1.29 is 14.7 Å². The molecule has 1 aromatic rings. The van der Waals surface area contributed by atoms with E-state index in [-0.39, 0.29) is 16.1 Å². The van der Waals surface area contributed by atoms with Crippen LogP contribution >= 0.6 is 24.0 Å². The maximum absolute atomic E-state index is 12.6. The van der Waals surface area contributed by atoms with Crippen LogP contribution in [0.25, 0.3) is 6.08 Å². The van der Waals surface area contributed by atoms with Gasteiger partial charge in [-0.15, -0.1) is 0 Å². The lowest BCUT2D eigenvalue weighted by atomic mass is 10.0. The van der Waals surface area contributed by atoms with Gasteiger partial charge in [-0.25, -0.2) is 0 Å². The quantitative estimate of drug-likeness (QED) is 0.597. The van der Waals surface area contributed by atoms with E-state index in [9.17, 15) is 14.7 Å². The molecule has 4 nitrogen and oxygen atoms in total. The van der Waals surface area contributed by atoms with E-state index in [1.54, 1.807) is 19.9 Å². The number of carboxylic acid groups (broad SMARTS) is 1. The largest absolute Gasteiger partial charge is 0.548 e. The summed E-state index contributed by atoms with van der Waals surface area (Å²) in [7, 11) is 0. The van der Waals surface area contributed by atoms with Crippen molar-refractivity contribution in [1.82, 2.24) is 4.90 Å². The third-order valence-electron chi connectivity index (χ3n) is 3.53. The highest BCUT2D eigenvalue weighted by Crippen LogP contribution is 2.34. The monoisotopic (exact) mass is 360 g/mol. The molecule has 0 aliphatic carbocycles. The molecule has 1 atom stereocenters. The van der Waals surface area contributed by atoms with Crippen LogP contribution in [-0.2, 0) is 9.59 Å². The van der Waals surface area contributed by atoms with Gasteiger partial charge in [-0.1, -0.05) is 74.2 Å². The van der Waals surface area contributed by atoms with Crippen LogP contribution < -0.4 is 5.11 Å². The molecule has 0 unspecified atom stereocenters. The van der Waals surface area contributed by atoms with Crippen LogP contribution in [0, 0.1) is 5.92 Å². The van der Waals surface area contributed by atoms with Crippen molar-refractivity contribution in [3.05, 3.63) is 52.4 Å². The Balaban J connectivity index is 2.28. The summed E-state index contributed by atoms with van der Waals surface area (Å²) in [5, 5.41) is 11.4. The number of nitrogens with zero attached hydrogens (tertiary/aromatic N) is 1. The summed E-state index contributed by atoms with van der Waals surface area (Å²) in [6.45, 7) is 5.34. The topological polar surface area (TPSA) is 60.4 Å². The Kier molecular flexibility index (Phi) is 5.96. The van der Waals surface area contributed by atoms with Gasteiger partial charge in [0.05, 0.1) is 16.9 Å². The summed E-state index contributed by atoms with van der Waals surface area (Å²) in [5.41, 5.74) is 1.91. The van der Waals surface area contributed by atoms with Crippen molar-refractivity contribution in [3.63, 3.8) is 0 Å². The number of thioether (sulfide) groups is 1. The number of amides is 1. The summed E-state index contributed by atoms with van der Waals surface area (Å²) in [6.07, 6.45) is 3.68. The molecule has 1 aliphatic rings. The molecule has 0 bridgehead atoms. The van der Waals surface area contributed by atoms with E-state index < -0.39 is 12.0 Å². The highest BCUT2D eigenvalue weighted by Gasteiger charge is 2.38. The second-order valence-electron chi connectivity index (χ2n) is 5.86. The first-order chi connectivity index (χ1) is 11.3. The van der Waals surface area contributed by atoms with E-state index in [0.717, 1.165) is 27.8 Å². The molecule has 0 aromatic heterocycles. The number of carbonyl (C=O) groups is 2. The van der Waals surface area contributed by atoms with Crippen molar-refractivity contribution in [2.45, 2.75) is 26.8 Å². The minimum atomic E-state index is -1.29. The summed E-state index contributed by atoms with van der Waals surface area (Å²) < 4.78 is 0.252. The van der Waals surface area contributed by atoms with Gasteiger partial charge in [0.25, 0.3) is 5.91 Å². The molecule has 2 rings (SSSR count). The molecular weight excluding hydrogens is 342 g/mol. The molecule has 1 fully saturated rings. The number of hydrogen-bond donors (Lipinski definition) is 0. The fraction of sp³-hybridized carbons (Fsp3) is 0.278. The van der Waals surface area contributed by atoms with Crippen molar-refractivity contribution in [1.29, 1.82) is 0 Å². The van der Waals surface area contributed by atoms with Crippen LogP contribution in [0.5, 0.6) is 0 Å². The normalized spacial score (nSPS) is 18.6. The van der Waals surface area contributed by atoms with E-state index in [2.05, 4.69) is 0 Å². The molecule has 0 spiro atoms. The van der Waals surface area contributed by atoms with Gasteiger partial charge in [-0.05, 0) is 30.1 Å². The van der Waals surface area contributed by atoms with Gasteiger partial charge in [-0.2, -0.15) is 0 Å². The Morgan fingerprint density at radius 2 is 1.92 bits per heavy atom. The average molecular weight is 360 g/mol. The fourth-order valence-corrected chi connectivity index (χ4v) is 3.84. The van der Waals surface area contributed by atoms with Gasteiger partial charge in [0.2, 0.25) is 0 Å². The maximum atomic E-state index is 12.6. The van der Waals surface area contributed by atoms with Gasteiger partial charge in [-0.3, -0.25) is 9.69 Å². The van der Waals surface area contributed by atoms with Crippen LogP contribution in [0.4, 0.5) is 0 Å². The number of hydrogen-bond acceptors (Lipinski definition) is 5. The molecule has 1 aromatic carbocycles. The van der Waals surface area contributed by atoms with Crippen LogP contribution in [0.15, 0.2) is 46.9 Å². The lowest BCUT2D eigenvalue weighted by molar-refractivity contribution is -0.311. The standard InChI is InChI=1S/C18H19NO3S2/c1-11(2)15(17(21)22)19-16(20)14(24-18(19)23)10-12(3)9-13-7-5-4-6-8-13/h4-11,15H,1-3H3,(H,21,22)/p-1/t15-/m0/s1. The molecule has 0 N–H and O–H groups in total. The first-order valence-electron chi connectivity index (χ1n) is 7.52. The van der Waals surface area contributed by atoms with Gasteiger partial charge in [0, 0.05) is 0 Å². The number of rotatable bonds is 5. The van der Waals surface area contributed by atoms with E-state index in [1.165, 1.54) is 0 Å². The summed E-state index contributed by atoms with van der Waals surface area (Å²) in [6, 6.07) is 8.68. The predicted octanol–water partition coefficient (Wildman–Crippen LogP) is 2.61. The SMILES string of the molecule is CC(=Cc1ccccc1)C=C1SC(=S)N([C@H](C(=O)[O-])C(C)C)C1=O. The zero-order valence-electron chi connectivity index (χ0n) is 13.7. The fourth-order valence-electron chi connectivity index (χ4n) is 2.46. The minimum Gasteiger partial charge on any atom is -0.548 e. The Morgan fingerprint density at radius 1 is 1.29 bits per heavy atom. The van der Waals surface area contributed by atoms with Gasteiger partial charge in [0.1, 0.15) is 4.32 Å². The highest BCUT2D eigenvalue weighted by molar-refractivity contribution is 8.26. The molecule has 6 heteroatoms. The molecule has 1 aliphatic heterocycles. The molecule has 0 radical (unpaired) electrons. The van der Waals surface area contributed by atoms with Crippen molar-refractivity contribution in [3.8, 4) is 0 Å². The highest BCUT2D eigenvalue weighted by atomic mass is 32.2. The third kappa shape index (κ3) is 4.13. The number of carbonyl (C=O) groups excluding carboxylic acids is 2. The molecule has 126 valence electrons.